The van der Waals surface area contributed by atoms with E-state index in [0.29, 0.717) is 3.63 Å². The van der Waals surface area contributed by atoms with Gasteiger partial charge in [0.15, 0.2) is 0 Å². The van der Waals surface area contributed by atoms with Crippen LogP contribution in [0.5, 0.6) is 0 Å². The number of allylic oxidation sites excluding steroid dienone is 4. The molecule has 4 aromatic rings. The summed E-state index contributed by atoms with van der Waals surface area (Å²) in [5, 5.41) is 0. The molecule has 0 amide bonds. The molecule has 3 aliphatic carbocycles. The first-order valence-electron chi connectivity index (χ1n) is 13.3. The van der Waals surface area contributed by atoms with E-state index in [4.69, 9.17) is 0 Å². The molecule has 0 spiro atoms. The molecule has 174 valence electrons. The van der Waals surface area contributed by atoms with Gasteiger partial charge in [0.25, 0.3) is 0 Å². The van der Waals surface area contributed by atoms with E-state index in [1.165, 1.54) is 65.5 Å². The van der Waals surface area contributed by atoms with Gasteiger partial charge < -0.3 is 0 Å². The summed E-state index contributed by atoms with van der Waals surface area (Å²) >= 11 is -2.15. The second-order valence-corrected chi connectivity index (χ2v) is 17.1. The molecule has 0 bridgehead atoms. The Morgan fingerprint density at radius 2 is 1.14 bits per heavy atom. The molecule has 0 N–H and O–H groups in total. The first-order valence-corrected chi connectivity index (χ1v) is 17.2. The van der Waals surface area contributed by atoms with Crippen LogP contribution in [0.1, 0.15) is 46.9 Å². The molecular weight excluding hydrogens is 512 g/mol. The normalized spacial score (nSPS) is 16.2. The molecule has 1 fully saturated rings. The number of hydrogen-bond donors (Lipinski definition) is 0. The van der Waals surface area contributed by atoms with Gasteiger partial charge in [-0.25, -0.2) is 0 Å². The van der Waals surface area contributed by atoms with Crippen molar-refractivity contribution in [2.75, 3.05) is 0 Å². The Labute approximate surface area is 222 Å². The van der Waals surface area contributed by atoms with Gasteiger partial charge in [-0.15, -0.1) is 0 Å². The molecule has 4 aromatic carbocycles. The van der Waals surface area contributed by atoms with Crippen molar-refractivity contribution >= 4 is 3.21 Å². The van der Waals surface area contributed by atoms with E-state index in [2.05, 4.69) is 115 Å². The Hall–Kier alpha value is -2.89. The Bertz CT molecular complexity index is 1440. The van der Waals surface area contributed by atoms with Gasteiger partial charge in [0.2, 0.25) is 0 Å². The first kappa shape index (κ1) is 22.3. The van der Waals surface area contributed by atoms with Crippen LogP contribution in [-0.4, -0.2) is 3.21 Å². The monoisotopic (exact) mass is 540 g/mol. The topological polar surface area (TPSA) is 0 Å². The third kappa shape index (κ3) is 3.89. The molecule has 3 aliphatic rings. The van der Waals surface area contributed by atoms with Gasteiger partial charge in [-0.3, -0.25) is 0 Å². The molecule has 1 heteroatoms. The Kier molecular flexibility index (Phi) is 5.91. The van der Waals surface area contributed by atoms with Gasteiger partial charge in [-0.1, -0.05) is 0 Å². The van der Waals surface area contributed by atoms with Crippen LogP contribution in [0.4, 0.5) is 0 Å². The summed E-state index contributed by atoms with van der Waals surface area (Å²) < 4.78 is 4.34. The average Bonchev–Trinajstić information content (AvgIpc) is 3.72. The molecule has 0 saturated heterocycles. The van der Waals surface area contributed by atoms with Crippen molar-refractivity contribution in [2.24, 2.45) is 0 Å². The van der Waals surface area contributed by atoms with Crippen LogP contribution in [0.2, 0.25) is 0 Å². The quantitative estimate of drug-likeness (QED) is 0.241. The summed E-state index contributed by atoms with van der Waals surface area (Å²) in [6, 6.07) is 36.5. The van der Waals surface area contributed by atoms with E-state index in [1.54, 1.807) is 14.4 Å². The maximum atomic E-state index is 2.55. The number of benzene rings is 4. The predicted octanol–water partition coefficient (Wildman–Crippen LogP) is 9.30. The average molecular weight is 542 g/mol. The standard InChI is InChI=1S/C25H17.C5H8.C5H5.Zr/c1-3-7-18(8-4-1)20-11-13-24-22(15-20)17-23-16-21(12-14-25(23)24)19-9-5-2-6-10-19;2*1-2-4-5-3-1;/h1-17H;1-4H2;1-3H,4H2;. The van der Waals surface area contributed by atoms with Crippen molar-refractivity contribution in [3.8, 4) is 33.4 Å². The molecule has 0 unspecified atom stereocenters. The van der Waals surface area contributed by atoms with E-state index in [1.807, 2.05) is 3.21 Å². The molecule has 0 heterocycles. The summed E-state index contributed by atoms with van der Waals surface area (Å²) in [7, 11) is 0. The SMILES string of the molecule is C1=CC[C]([Zr](=[C]2CCCC2)[CH]2c3cc(-c4ccccc4)ccc3-c3ccc(-c4ccccc4)cc32)=C1. The first-order chi connectivity index (χ1) is 17.9. The predicted molar refractivity (Wildman–Crippen MR) is 150 cm³/mol. The number of rotatable bonds is 4. The van der Waals surface area contributed by atoms with E-state index in [0.717, 1.165) is 0 Å². The third-order valence-electron chi connectivity index (χ3n) is 8.22. The Morgan fingerprint density at radius 1 is 0.583 bits per heavy atom. The van der Waals surface area contributed by atoms with Gasteiger partial charge in [0.1, 0.15) is 0 Å². The summed E-state index contributed by atoms with van der Waals surface area (Å²) in [5.74, 6) is 0. The van der Waals surface area contributed by atoms with Gasteiger partial charge in [0, 0.05) is 0 Å². The zero-order chi connectivity index (χ0) is 23.9. The molecule has 7 rings (SSSR count). The summed E-state index contributed by atoms with van der Waals surface area (Å²) in [6.07, 6.45) is 13.9. The maximum absolute atomic E-state index is 2.55. The van der Waals surface area contributed by atoms with Crippen LogP contribution in [0.15, 0.2) is 119 Å². The minimum absolute atomic E-state index is 0.573. The van der Waals surface area contributed by atoms with Gasteiger partial charge in [-0.2, -0.15) is 0 Å². The second-order valence-electron chi connectivity index (χ2n) is 10.3. The van der Waals surface area contributed by atoms with Crippen molar-refractivity contribution in [1.82, 2.24) is 0 Å². The van der Waals surface area contributed by atoms with Crippen molar-refractivity contribution in [1.29, 1.82) is 0 Å². The summed E-state index contributed by atoms with van der Waals surface area (Å²) in [5.41, 5.74) is 11.5. The second kappa shape index (κ2) is 9.53. The van der Waals surface area contributed by atoms with Crippen molar-refractivity contribution in [3.05, 3.63) is 130 Å². The fourth-order valence-electron chi connectivity index (χ4n) is 6.53. The minimum atomic E-state index is -2.15. The zero-order valence-corrected chi connectivity index (χ0v) is 23.0. The van der Waals surface area contributed by atoms with Crippen LogP contribution in [0.25, 0.3) is 33.4 Å². The zero-order valence-electron chi connectivity index (χ0n) is 20.6. The van der Waals surface area contributed by atoms with E-state index >= 15 is 0 Å². The van der Waals surface area contributed by atoms with Gasteiger partial charge in [0.05, 0.1) is 0 Å². The van der Waals surface area contributed by atoms with Crippen LogP contribution in [-0.2, 0) is 21.3 Å². The number of hydrogen-bond acceptors (Lipinski definition) is 0. The number of fused-ring (bicyclic) bond motifs is 3. The molecule has 0 nitrogen and oxygen atoms in total. The molecule has 0 atom stereocenters. The third-order valence-corrected chi connectivity index (χ3v) is 16.9. The van der Waals surface area contributed by atoms with Crippen LogP contribution < -0.4 is 0 Å². The molecule has 0 radical (unpaired) electrons. The van der Waals surface area contributed by atoms with Gasteiger partial charge in [-0.05, 0) is 0 Å². The van der Waals surface area contributed by atoms with Crippen LogP contribution in [0, 0.1) is 0 Å². The van der Waals surface area contributed by atoms with Crippen LogP contribution >= 0.6 is 0 Å². The van der Waals surface area contributed by atoms with E-state index in [-0.39, 0.29) is 0 Å². The molecule has 0 aromatic heterocycles. The van der Waals surface area contributed by atoms with Crippen LogP contribution in [0.3, 0.4) is 0 Å². The van der Waals surface area contributed by atoms with E-state index in [9.17, 15) is 0 Å². The van der Waals surface area contributed by atoms with Crippen molar-refractivity contribution < 1.29 is 21.3 Å². The van der Waals surface area contributed by atoms with Crippen molar-refractivity contribution in [2.45, 2.75) is 35.7 Å². The Morgan fingerprint density at radius 3 is 1.64 bits per heavy atom. The van der Waals surface area contributed by atoms with Gasteiger partial charge >= 0.3 is 223 Å². The molecule has 0 aliphatic heterocycles. The fraction of sp³-hybridized carbons (Fsp3) is 0.171. The summed E-state index contributed by atoms with van der Waals surface area (Å²) in [6.45, 7) is 0. The van der Waals surface area contributed by atoms with E-state index < -0.39 is 21.3 Å². The molecular formula is C35H30Zr. The summed E-state index contributed by atoms with van der Waals surface area (Å²) in [4.78, 5) is 0. The van der Waals surface area contributed by atoms with Crippen molar-refractivity contribution in [3.63, 3.8) is 0 Å². The Balaban J connectivity index is 1.46. The molecule has 1 saturated carbocycles. The molecule has 36 heavy (non-hydrogen) atoms. The fourth-order valence-corrected chi connectivity index (χ4v) is 16.0.